The Bertz CT molecular complexity index is 697. The summed E-state index contributed by atoms with van der Waals surface area (Å²) in [5.41, 5.74) is 0.331. The largest absolute Gasteiger partial charge is 0.490 e. The van der Waals surface area contributed by atoms with Crippen molar-refractivity contribution in [1.29, 1.82) is 0 Å². The Labute approximate surface area is 125 Å². The quantitative estimate of drug-likeness (QED) is 0.642. The second kappa shape index (κ2) is 6.68. The maximum absolute atomic E-state index is 12.1. The van der Waals surface area contributed by atoms with E-state index in [4.69, 9.17) is 9.47 Å². The van der Waals surface area contributed by atoms with E-state index in [-0.39, 0.29) is 23.7 Å². The minimum atomic E-state index is -0.605. The highest BCUT2D eigenvalue weighted by Crippen LogP contribution is 2.27. The molecular weight excluding hydrogens is 292 g/mol. The lowest BCUT2D eigenvalue weighted by Gasteiger charge is -2.05. The third-order valence-corrected chi connectivity index (χ3v) is 2.79. The van der Waals surface area contributed by atoms with Gasteiger partial charge in [-0.15, -0.1) is 0 Å². The van der Waals surface area contributed by atoms with Gasteiger partial charge < -0.3 is 14.8 Å². The number of nitro benzene ring substituents is 1. The Balaban J connectivity index is 2.18. The molecule has 1 heterocycles. The summed E-state index contributed by atoms with van der Waals surface area (Å²) in [7, 11) is 2.85. The molecule has 0 aliphatic carbocycles. The maximum atomic E-state index is 12.1. The fraction of sp³-hybridized carbons (Fsp3) is 0.231. The fourth-order valence-electron chi connectivity index (χ4n) is 1.81. The number of carbonyl (C=O) groups is 1. The first-order chi connectivity index (χ1) is 10.5. The number of nitro groups is 1. The molecule has 9 nitrogen and oxygen atoms in total. The topological polar surface area (TPSA) is 109 Å². The van der Waals surface area contributed by atoms with E-state index in [9.17, 15) is 14.9 Å². The molecule has 1 N–H and O–H groups in total. The lowest BCUT2D eigenvalue weighted by atomic mass is 10.1. The molecule has 9 heteroatoms. The zero-order valence-electron chi connectivity index (χ0n) is 12.0. The molecule has 1 amide bonds. The van der Waals surface area contributed by atoms with Crippen LogP contribution >= 0.6 is 0 Å². The van der Waals surface area contributed by atoms with Crippen LogP contribution in [0.5, 0.6) is 5.75 Å². The Kier molecular flexibility index (Phi) is 4.69. The molecule has 1 aromatic carbocycles. The van der Waals surface area contributed by atoms with Gasteiger partial charge in [0.2, 0.25) is 0 Å². The van der Waals surface area contributed by atoms with E-state index in [1.54, 1.807) is 6.20 Å². The van der Waals surface area contributed by atoms with E-state index in [1.807, 2.05) is 0 Å². The van der Waals surface area contributed by atoms with Crippen molar-refractivity contribution in [3.05, 3.63) is 46.3 Å². The van der Waals surface area contributed by atoms with E-state index in [0.717, 1.165) is 6.07 Å². The number of hydrogen-bond donors (Lipinski definition) is 1. The highest BCUT2D eigenvalue weighted by molar-refractivity contribution is 6.04. The second-order valence-electron chi connectivity index (χ2n) is 4.28. The average Bonchev–Trinajstić information content (AvgIpc) is 2.94. The van der Waals surface area contributed by atoms with Gasteiger partial charge >= 0.3 is 5.69 Å². The van der Waals surface area contributed by atoms with Crippen LogP contribution in [-0.2, 0) is 11.5 Å². The number of ether oxygens (including phenoxy) is 2. The number of carbonyl (C=O) groups excluding carboxylic acids is 1. The van der Waals surface area contributed by atoms with Crippen LogP contribution in [0.3, 0.4) is 0 Å². The van der Waals surface area contributed by atoms with E-state index < -0.39 is 10.8 Å². The van der Waals surface area contributed by atoms with Crippen molar-refractivity contribution in [2.24, 2.45) is 0 Å². The van der Waals surface area contributed by atoms with Crippen molar-refractivity contribution in [3.63, 3.8) is 0 Å². The highest BCUT2D eigenvalue weighted by atomic mass is 16.6. The number of rotatable bonds is 6. The summed E-state index contributed by atoms with van der Waals surface area (Å²) in [5, 5.41) is 17.5. The van der Waals surface area contributed by atoms with Crippen molar-refractivity contribution < 1.29 is 19.2 Å². The van der Waals surface area contributed by atoms with Gasteiger partial charge in [0, 0.05) is 18.7 Å². The Morgan fingerprint density at radius 3 is 2.86 bits per heavy atom. The monoisotopic (exact) mass is 306 g/mol. The summed E-state index contributed by atoms with van der Waals surface area (Å²) in [6.45, 7) is 0.254. The fourth-order valence-corrected chi connectivity index (χ4v) is 1.81. The number of amides is 1. The first-order valence-corrected chi connectivity index (χ1v) is 6.20. The first-order valence-electron chi connectivity index (χ1n) is 6.20. The van der Waals surface area contributed by atoms with Gasteiger partial charge in [-0.1, -0.05) is 0 Å². The van der Waals surface area contributed by atoms with Gasteiger partial charge in [-0.25, -0.2) is 4.68 Å². The van der Waals surface area contributed by atoms with Gasteiger partial charge in [0.25, 0.3) is 5.91 Å². The Morgan fingerprint density at radius 2 is 2.23 bits per heavy atom. The van der Waals surface area contributed by atoms with Gasteiger partial charge in [-0.3, -0.25) is 14.9 Å². The van der Waals surface area contributed by atoms with Gasteiger partial charge in [0.1, 0.15) is 6.73 Å². The lowest BCUT2D eigenvalue weighted by Crippen LogP contribution is -2.12. The molecule has 0 aliphatic heterocycles. The average molecular weight is 306 g/mol. The molecule has 2 rings (SSSR count). The molecule has 0 spiro atoms. The molecule has 0 saturated carbocycles. The SMILES string of the molecule is COCn1cc(NC(=O)c2ccc(OC)c([N+](=O)[O-])c2)cn1. The Morgan fingerprint density at radius 1 is 1.45 bits per heavy atom. The molecule has 2 aromatic rings. The first kappa shape index (κ1) is 15.4. The summed E-state index contributed by atoms with van der Waals surface area (Å²) in [6, 6.07) is 3.98. The van der Waals surface area contributed by atoms with Gasteiger partial charge in [0.15, 0.2) is 5.75 Å². The highest BCUT2D eigenvalue weighted by Gasteiger charge is 2.18. The van der Waals surface area contributed by atoms with Gasteiger partial charge in [-0.2, -0.15) is 5.10 Å². The number of methoxy groups -OCH3 is 2. The molecule has 0 radical (unpaired) electrons. The predicted molar refractivity (Wildman–Crippen MR) is 76.8 cm³/mol. The van der Waals surface area contributed by atoms with E-state index in [2.05, 4.69) is 10.4 Å². The van der Waals surface area contributed by atoms with Crippen molar-refractivity contribution in [2.75, 3.05) is 19.5 Å². The zero-order valence-corrected chi connectivity index (χ0v) is 12.0. The van der Waals surface area contributed by atoms with Crippen molar-refractivity contribution in [1.82, 2.24) is 9.78 Å². The summed E-state index contributed by atoms with van der Waals surface area (Å²) < 4.78 is 11.3. The molecule has 22 heavy (non-hydrogen) atoms. The molecule has 0 bridgehead atoms. The minimum absolute atomic E-state index is 0.0921. The standard InChI is InChI=1S/C13H14N4O5/c1-21-8-16-7-10(6-14-16)15-13(18)9-3-4-12(22-2)11(5-9)17(19)20/h3-7H,8H2,1-2H3,(H,15,18). The van der Waals surface area contributed by atoms with Crippen molar-refractivity contribution in [2.45, 2.75) is 6.73 Å². The van der Waals surface area contributed by atoms with Crippen LogP contribution in [0.15, 0.2) is 30.6 Å². The third kappa shape index (κ3) is 3.38. The molecule has 0 aliphatic rings. The maximum Gasteiger partial charge on any atom is 0.311 e. The number of anilines is 1. The van der Waals surface area contributed by atoms with Crippen LogP contribution in [0.4, 0.5) is 11.4 Å². The number of benzene rings is 1. The molecule has 0 unspecified atom stereocenters. The zero-order chi connectivity index (χ0) is 16.1. The lowest BCUT2D eigenvalue weighted by molar-refractivity contribution is -0.385. The predicted octanol–water partition coefficient (Wildman–Crippen LogP) is 1.66. The van der Waals surface area contributed by atoms with E-state index in [0.29, 0.717) is 5.69 Å². The van der Waals surface area contributed by atoms with Crippen LogP contribution in [0, 0.1) is 10.1 Å². The van der Waals surface area contributed by atoms with Crippen LogP contribution in [0.25, 0.3) is 0 Å². The van der Waals surface area contributed by atoms with Crippen molar-refractivity contribution in [3.8, 4) is 5.75 Å². The van der Waals surface area contributed by atoms with Crippen LogP contribution in [-0.4, -0.2) is 34.8 Å². The number of hydrogen-bond acceptors (Lipinski definition) is 6. The van der Waals surface area contributed by atoms with E-state index in [1.165, 1.54) is 37.2 Å². The number of nitrogens with one attached hydrogen (secondary N) is 1. The molecule has 1 aromatic heterocycles. The second-order valence-corrected chi connectivity index (χ2v) is 4.28. The minimum Gasteiger partial charge on any atom is -0.490 e. The number of aromatic nitrogens is 2. The summed E-state index contributed by atoms with van der Waals surface area (Å²) in [5.74, 6) is -0.391. The molecule has 0 atom stereocenters. The normalized spacial score (nSPS) is 10.3. The van der Waals surface area contributed by atoms with Gasteiger partial charge in [-0.05, 0) is 12.1 Å². The van der Waals surface area contributed by atoms with Crippen LogP contribution < -0.4 is 10.1 Å². The van der Waals surface area contributed by atoms with E-state index >= 15 is 0 Å². The summed E-state index contributed by atoms with van der Waals surface area (Å²) in [6.07, 6.45) is 3.04. The molecular formula is C13H14N4O5. The smallest absolute Gasteiger partial charge is 0.311 e. The van der Waals surface area contributed by atoms with Crippen LogP contribution in [0.1, 0.15) is 10.4 Å². The molecule has 0 fully saturated rings. The molecule has 0 saturated heterocycles. The van der Waals surface area contributed by atoms with Gasteiger partial charge in [0.05, 0.1) is 30.1 Å². The summed E-state index contributed by atoms with van der Waals surface area (Å²) >= 11 is 0. The van der Waals surface area contributed by atoms with Crippen molar-refractivity contribution >= 4 is 17.3 Å². The number of nitrogens with zero attached hydrogens (tertiary/aromatic N) is 3. The molecule has 116 valence electrons. The summed E-state index contributed by atoms with van der Waals surface area (Å²) in [4.78, 5) is 22.5. The third-order valence-electron chi connectivity index (χ3n) is 2.79. The Hall–Kier alpha value is -2.94. The van der Waals surface area contributed by atoms with Crippen LogP contribution in [0.2, 0.25) is 0 Å².